The Morgan fingerprint density at radius 1 is 1.09 bits per heavy atom. The molecule has 1 saturated heterocycles. The summed E-state index contributed by atoms with van der Waals surface area (Å²) >= 11 is 1.10. The fraction of sp³-hybridized carbons (Fsp3) is 0.409. The van der Waals surface area contributed by atoms with Crippen molar-refractivity contribution in [3.05, 3.63) is 47.3 Å². The highest BCUT2D eigenvalue weighted by Gasteiger charge is 2.49. The number of sulfonamides is 1. The number of hydrogen-bond donors (Lipinski definition) is 0. The molecule has 2 amide bonds. The Hall–Kier alpha value is -2.56. The average molecular weight is 477 g/mol. The van der Waals surface area contributed by atoms with Crippen molar-refractivity contribution in [3.8, 4) is 0 Å². The Balaban J connectivity index is 1.68. The molecule has 0 spiro atoms. The topological polar surface area (TPSA) is 101 Å². The number of nitrogens with zero attached hydrogens (tertiary/aromatic N) is 2. The standard InChI is InChI=1S/C22H24N2O6S2/c1-30-22(27)15-9-11-16(12-10-15)23-19(25)14-18(21(23)26)24(17-6-3-2-4-7-17)32(28,29)20-8-5-13-31-20/h5,8-13,17-18H,2-4,6-7,14H2,1H3. The maximum Gasteiger partial charge on any atom is 0.337 e. The second kappa shape index (κ2) is 9.13. The molecule has 0 radical (unpaired) electrons. The fourth-order valence-electron chi connectivity index (χ4n) is 4.42. The van der Waals surface area contributed by atoms with Crippen LogP contribution in [0.1, 0.15) is 48.9 Å². The van der Waals surface area contributed by atoms with Crippen LogP contribution >= 0.6 is 11.3 Å². The van der Waals surface area contributed by atoms with Crippen LogP contribution in [-0.4, -0.2) is 49.7 Å². The largest absolute Gasteiger partial charge is 0.465 e. The van der Waals surface area contributed by atoms with E-state index < -0.39 is 33.8 Å². The molecule has 1 aliphatic carbocycles. The van der Waals surface area contributed by atoms with Crippen LogP contribution in [0.25, 0.3) is 0 Å². The minimum atomic E-state index is -3.93. The average Bonchev–Trinajstić information content (AvgIpc) is 3.44. The Labute approximate surface area is 190 Å². The number of hydrogen-bond acceptors (Lipinski definition) is 7. The normalized spacial score (nSPS) is 20.2. The number of esters is 1. The quantitative estimate of drug-likeness (QED) is 0.469. The molecule has 2 aromatic rings. The van der Waals surface area contributed by atoms with Crippen molar-refractivity contribution in [2.75, 3.05) is 12.0 Å². The molecule has 1 aliphatic heterocycles. The van der Waals surface area contributed by atoms with Crippen LogP contribution in [0.5, 0.6) is 0 Å². The van der Waals surface area contributed by atoms with Crippen molar-refractivity contribution >= 4 is 44.8 Å². The highest BCUT2D eigenvalue weighted by Crippen LogP contribution is 2.36. The summed E-state index contributed by atoms with van der Waals surface area (Å²) in [5, 5.41) is 1.68. The first-order valence-electron chi connectivity index (χ1n) is 10.5. The molecule has 4 rings (SSSR count). The monoisotopic (exact) mass is 476 g/mol. The SMILES string of the molecule is COC(=O)c1ccc(N2C(=O)CC(N(C3CCCCC3)S(=O)(=O)c3cccs3)C2=O)cc1. The van der Waals surface area contributed by atoms with Gasteiger partial charge in [-0.25, -0.2) is 18.1 Å². The van der Waals surface area contributed by atoms with E-state index in [1.165, 1.54) is 41.7 Å². The number of carbonyl (C=O) groups excluding carboxylic acids is 3. The van der Waals surface area contributed by atoms with Gasteiger partial charge in [0, 0.05) is 6.04 Å². The summed E-state index contributed by atoms with van der Waals surface area (Å²) in [6, 6.07) is 7.70. The zero-order valence-corrected chi connectivity index (χ0v) is 19.2. The molecule has 32 heavy (non-hydrogen) atoms. The van der Waals surface area contributed by atoms with Crippen molar-refractivity contribution < 1.29 is 27.5 Å². The van der Waals surface area contributed by atoms with E-state index in [0.717, 1.165) is 35.5 Å². The summed E-state index contributed by atoms with van der Waals surface area (Å²) in [6.07, 6.45) is 3.91. The van der Waals surface area contributed by atoms with E-state index in [1.807, 2.05) is 0 Å². The van der Waals surface area contributed by atoms with Gasteiger partial charge in [0.1, 0.15) is 10.3 Å². The van der Waals surface area contributed by atoms with E-state index in [0.29, 0.717) is 18.5 Å². The van der Waals surface area contributed by atoms with Crippen LogP contribution in [0, 0.1) is 0 Å². The summed E-state index contributed by atoms with van der Waals surface area (Å²) < 4.78 is 33.2. The van der Waals surface area contributed by atoms with Gasteiger partial charge in [0.15, 0.2) is 0 Å². The van der Waals surface area contributed by atoms with Crippen molar-refractivity contribution in [2.45, 2.75) is 54.8 Å². The second-order valence-corrected chi connectivity index (χ2v) is 10.9. The van der Waals surface area contributed by atoms with Crippen LogP contribution < -0.4 is 4.90 Å². The molecule has 2 heterocycles. The molecular weight excluding hydrogens is 452 g/mol. The van der Waals surface area contributed by atoms with Gasteiger partial charge in [-0.05, 0) is 48.6 Å². The predicted molar refractivity (Wildman–Crippen MR) is 119 cm³/mol. The minimum absolute atomic E-state index is 0.171. The van der Waals surface area contributed by atoms with E-state index in [-0.39, 0.29) is 22.2 Å². The molecule has 2 aliphatic rings. The molecule has 0 N–H and O–H groups in total. The third-order valence-corrected chi connectivity index (χ3v) is 9.27. The zero-order chi connectivity index (χ0) is 22.9. The number of methoxy groups -OCH3 is 1. The zero-order valence-electron chi connectivity index (χ0n) is 17.6. The van der Waals surface area contributed by atoms with Crippen LogP contribution in [0.2, 0.25) is 0 Å². The number of benzene rings is 1. The van der Waals surface area contributed by atoms with Gasteiger partial charge in [-0.2, -0.15) is 4.31 Å². The molecule has 1 atom stereocenters. The van der Waals surface area contributed by atoms with E-state index in [1.54, 1.807) is 11.4 Å². The lowest BCUT2D eigenvalue weighted by atomic mass is 9.94. The van der Waals surface area contributed by atoms with Gasteiger partial charge >= 0.3 is 5.97 Å². The van der Waals surface area contributed by atoms with Crippen molar-refractivity contribution in [3.63, 3.8) is 0 Å². The van der Waals surface area contributed by atoms with Gasteiger partial charge in [0.05, 0.1) is 24.8 Å². The lowest BCUT2D eigenvalue weighted by Crippen LogP contribution is -2.51. The third-order valence-electron chi connectivity index (χ3n) is 5.94. The van der Waals surface area contributed by atoms with Crippen LogP contribution in [0.15, 0.2) is 46.0 Å². The highest BCUT2D eigenvalue weighted by atomic mass is 32.2. The Morgan fingerprint density at radius 3 is 2.38 bits per heavy atom. The van der Waals surface area contributed by atoms with Crippen molar-refractivity contribution in [1.82, 2.24) is 4.31 Å². The Kier molecular flexibility index (Phi) is 6.45. The van der Waals surface area contributed by atoms with Crippen molar-refractivity contribution in [2.24, 2.45) is 0 Å². The number of rotatable bonds is 6. The lowest BCUT2D eigenvalue weighted by molar-refractivity contribution is -0.122. The smallest absolute Gasteiger partial charge is 0.337 e. The molecule has 10 heteroatoms. The maximum absolute atomic E-state index is 13.5. The molecular formula is C22H24N2O6S2. The second-order valence-electron chi connectivity index (χ2n) is 7.88. The van der Waals surface area contributed by atoms with Crippen LogP contribution in [0.3, 0.4) is 0 Å². The van der Waals surface area contributed by atoms with Gasteiger partial charge in [0.2, 0.25) is 5.91 Å². The van der Waals surface area contributed by atoms with E-state index in [2.05, 4.69) is 4.74 Å². The minimum Gasteiger partial charge on any atom is -0.465 e. The fourth-order valence-corrected chi connectivity index (χ4v) is 7.34. The Bertz CT molecular complexity index is 1110. The van der Waals surface area contributed by atoms with Crippen LogP contribution in [-0.2, 0) is 24.3 Å². The molecule has 1 unspecified atom stereocenters. The molecule has 1 aromatic heterocycles. The van der Waals surface area contributed by atoms with Gasteiger partial charge in [-0.3, -0.25) is 9.59 Å². The number of carbonyl (C=O) groups is 3. The van der Waals surface area contributed by atoms with Crippen molar-refractivity contribution in [1.29, 1.82) is 0 Å². The highest BCUT2D eigenvalue weighted by molar-refractivity contribution is 7.91. The van der Waals surface area contributed by atoms with Crippen LogP contribution in [0.4, 0.5) is 5.69 Å². The summed E-state index contributed by atoms with van der Waals surface area (Å²) in [4.78, 5) is 39.0. The molecule has 2 fully saturated rings. The number of amides is 2. The van der Waals surface area contributed by atoms with Gasteiger partial charge in [-0.15, -0.1) is 11.3 Å². The summed E-state index contributed by atoms with van der Waals surface area (Å²) in [7, 11) is -2.67. The predicted octanol–water partition coefficient (Wildman–Crippen LogP) is 3.19. The number of thiophene rings is 1. The number of ether oxygens (including phenoxy) is 1. The maximum atomic E-state index is 13.5. The van der Waals surface area contributed by atoms with Gasteiger partial charge < -0.3 is 4.74 Å². The lowest BCUT2D eigenvalue weighted by Gasteiger charge is -2.35. The first-order valence-corrected chi connectivity index (χ1v) is 12.8. The molecule has 1 saturated carbocycles. The Morgan fingerprint density at radius 2 is 1.78 bits per heavy atom. The summed E-state index contributed by atoms with van der Waals surface area (Å²) in [5.41, 5.74) is 0.586. The first kappa shape index (κ1) is 22.6. The number of anilines is 1. The molecule has 1 aromatic carbocycles. The van der Waals surface area contributed by atoms with E-state index >= 15 is 0 Å². The van der Waals surface area contributed by atoms with E-state index in [9.17, 15) is 22.8 Å². The molecule has 170 valence electrons. The summed E-state index contributed by atoms with van der Waals surface area (Å²) in [6.45, 7) is 0. The molecule has 8 nitrogen and oxygen atoms in total. The van der Waals surface area contributed by atoms with Gasteiger partial charge in [-0.1, -0.05) is 25.3 Å². The van der Waals surface area contributed by atoms with Gasteiger partial charge in [0.25, 0.3) is 15.9 Å². The first-order chi connectivity index (χ1) is 15.3. The third kappa shape index (κ3) is 4.10. The summed E-state index contributed by atoms with van der Waals surface area (Å²) in [5.74, 6) is -1.56. The van der Waals surface area contributed by atoms with E-state index in [4.69, 9.17) is 0 Å². The molecule has 0 bridgehead atoms. The number of imide groups is 1.